The van der Waals surface area contributed by atoms with Gasteiger partial charge in [0, 0.05) is 30.5 Å². The summed E-state index contributed by atoms with van der Waals surface area (Å²) in [5, 5.41) is 6.16. The van der Waals surface area contributed by atoms with Crippen LogP contribution < -0.4 is 16.4 Å². The second-order valence-electron chi connectivity index (χ2n) is 6.27. The molecule has 1 atom stereocenters. The molecule has 24 heavy (non-hydrogen) atoms. The van der Waals surface area contributed by atoms with Crippen molar-refractivity contribution < 1.29 is 4.79 Å². The maximum absolute atomic E-state index is 10.8. The van der Waals surface area contributed by atoms with Gasteiger partial charge >= 0.3 is 6.03 Å². The van der Waals surface area contributed by atoms with Crippen LogP contribution in [0, 0.1) is 0 Å². The topological polar surface area (TPSA) is 70.4 Å². The maximum atomic E-state index is 10.8. The SMILES string of the molecule is NC(=O)Nc1ccc(NC2CCCN(Cc3ccccc3)C2)cc1. The lowest BCUT2D eigenvalue weighted by atomic mass is 10.0. The third kappa shape index (κ3) is 4.73. The highest BCUT2D eigenvalue weighted by Gasteiger charge is 2.19. The zero-order valence-corrected chi connectivity index (χ0v) is 13.7. The smallest absolute Gasteiger partial charge is 0.316 e. The Morgan fingerprint density at radius 2 is 1.79 bits per heavy atom. The Hall–Kier alpha value is -2.53. The number of nitrogens with one attached hydrogen (secondary N) is 2. The van der Waals surface area contributed by atoms with Gasteiger partial charge in [-0.05, 0) is 49.2 Å². The van der Waals surface area contributed by atoms with Gasteiger partial charge in [-0.2, -0.15) is 0 Å². The summed E-state index contributed by atoms with van der Waals surface area (Å²) in [4.78, 5) is 13.3. The van der Waals surface area contributed by atoms with E-state index in [0.29, 0.717) is 11.7 Å². The van der Waals surface area contributed by atoms with E-state index in [1.165, 1.54) is 18.4 Å². The van der Waals surface area contributed by atoms with Gasteiger partial charge in [0.05, 0.1) is 0 Å². The molecule has 126 valence electrons. The number of nitrogens with zero attached hydrogens (tertiary/aromatic N) is 1. The number of rotatable bonds is 5. The highest BCUT2D eigenvalue weighted by molar-refractivity contribution is 5.87. The average Bonchev–Trinajstić information content (AvgIpc) is 2.57. The minimum atomic E-state index is -0.542. The van der Waals surface area contributed by atoms with Gasteiger partial charge in [0.1, 0.15) is 0 Å². The highest BCUT2D eigenvalue weighted by Crippen LogP contribution is 2.19. The molecule has 1 aliphatic rings. The monoisotopic (exact) mass is 324 g/mol. The van der Waals surface area contributed by atoms with Crippen LogP contribution in [0.15, 0.2) is 54.6 Å². The Labute approximate surface area is 142 Å². The van der Waals surface area contributed by atoms with Gasteiger partial charge in [0.25, 0.3) is 0 Å². The molecule has 1 saturated heterocycles. The molecule has 1 heterocycles. The summed E-state index contributed by atoms with van der Waals surface area (Å²) in [5.74, 6) is 0. The first-order valence-electron chi connectivity index (χ1n) is 8.38. The van der Waals surface area contributed by atoms with E-state index in [2.05, 4.69) is 45.9 Å². The number of primary amides is 1. The summed E-state index contributed by atoms with van der Waals surface area (Å²) >= 11 is 0. The van der Waals surface area contributed by atoms with E-state index in [-0.39, 0.29) is 0 Å². The van der Waals surface area contributed by atoms with E-state index in [0.717, 1.165) is 25.3 Å². The van der Waals surface area contributed by atoms with Crippen molar-refractivity contribution in [2.75, 3.05) is 23.7 Å². The highest BCUT2D eigenvalue weighted by atomic mass is 16.2. The minimum absolute atomic E-state index is 0.442. The molecule has 5 heteroatoms. The number of piperidine rings is 1. The van der Waals surface area contributed by atoms with E-state index in [1.807, 2.05) is 24.3 Å². The zero-order valence-electron chi connectivity index (χ0n) is 13.7. The normalized spacial score (nSPS) is 18.1. The number of hydrogen-bond acceptors (Lipinski definition) is 3. The van der Waals surface area contributed by atoms with Gasteiger partial charge < -0.3 is 16.4 Å². The number of likely N-dealkylation sites (tertiary alicyclic amines) is 1. The summed E-state index contributed by atoms with van der Waals surface area (Å²) < 4.78 is 0. The van der Waals surface area contributed by atoms with Crippen LogP contribution in [0.25, 0.3) is 0 Å². The van der Waals surface area contributed by atoms with E-state index < -0.39 is 6.03 Å². The van der Waals surface area contributed by atoms with Crippen LogP contribution in [0.3, 0.4) is 0 Å². The first-order valence-corrected chi connectivity index (χ1v) is 8.38. The molecule has 5 nitrogen and oxygen atoms in total. The third-order valence-corrected chi connectivity index (χ3v) is 4.28. The lowest BCUT2D eigenvalue weighted by molar-refractivity contribution is 0.208. The predicted molar refractivity (Wildman–Crippen MR) is 98.0 cm³/mol. The van der Waals surface area contributed by atoms with Crippen LogP contribution in [-0.2, 0) is 6.54 Å². The maximum Gasteiger partial charge on any atom is 0.316 e. The van der Waals surface area contributed by atoms with Crippen molar-refractivity contribution in [3.63, 3.8) is 0 Å². The molecule has 1 fully saturated rings. The molecular formula is C19H24N4O. The molecule has 4 N–H and O–H groups in total. The summed E-state index contributed by atoms with van der Waals surface area (Å²) in [7, 11) is 0. The van der Waals surface area contributed by atoms with Crippen LogP contribution in [-0.4, -0.2) is 30.1 Å². The van der Waals surface area contributed by atoms with E-state index >= 15 is 0 Å². The molecular weight excluding hydrogens is 300 g/mol. The second-order valence-corrected chi connectivity index (χ2v) is 6.27. The van der Waals surface area contributed by atoms with E-state index in [1.54, 1.807) is 0 Å². The van der Waals surface area contributed by atoms with Crippen molar-refractivity contribution in [3.8, 4) is 0 Å². The zero-order chi connectivity index (χ0) is 16.8. The number of hydrogen-bond donors (Lipinski definition) is 3. The van der Waals surface area contributed by atoms with Gasteiger partial charge in [-0.15, -0.1) is 0 Å². The Bertz CT molecular complexity index is 657. The Balaban J connectivity index is 1.54. The first kappa shape index (κ1) is 16.3. The van der Waals surface area contributed by atoms with Gasteiger partial charge in [-0.25, -0.2) is 4.79 Å². The predicted octanol–water partition coefficient (Wildman–Crippen LogP) is 3.25. The van der Waals surface area contributed by atoms with E-state index in [4.69, 9.17) is 5.73 Å². The lowest BCUT2D eigenvalue weighted by Gasteiger charge is -2.33. The van der Waals surface area contributed by atoms with Crippen LogP contribution >= 0.6 is 0 Å². The van der Waals surface area contributed by atoms with Gasteiger partial charge in [-0.3, -0.25) is 4.90 Å². The van der Waals surface area contributed by atoms with Gasteiger partial charge in [0.15, 0.2) is 0 Å². The Morgan fingerprint density at radius 3 is 2.50 bits per heavy atom. The number of urea groups is 1. The molecule has 2 aromatic rings. The first-order chi connectivity index (χ1) is 11.7. The molecule has 1 unspecified atom stereocenters. The standard InChI is InChI=1S/C19H24N4O/c20-19(24)22-17-10-8-16(9-11-17)21-18-7-4-12-23(14-18)13-15-5-2-1-3-6-15/h1-3,5-6,8-11,18,21H,4,7,12-14H2,(H3,20,22,24). The van der Waals surface area contributed by atoms with Crippen LogP contribution in [0.2, 0.25) is 0 Å². The number of anilines is 2. The van der Waals surface area contributed by atoms with Gasteiger partial charge in [0.2, 0.25) is 0 Å². The molecule has 2 amide bonds. The number of carbonyl (C=O) groups excluding carboxylic acids is 1. The van der Waals surface area contributed by atoms with Crippen LogP contribution in [0.4, 0.5) is 16.2 Å². The number of benzene rings is 2. The summed E-state index contributed by atoms with van der Waals surface area (Å²) in [6.07, 6.45) is 2.37. The molecule has 3 rings (SSSR count). The molecule has 2 aromatic carbocycles. The van der Waals surface area contributed by atoms with Crippen molar-refractivity contribution in [1.29, 1.82) is 0 Å². The quantitative estimate of drug-likeness (QED) is 0.790. The summed E-state index contributed by atoms with van der Waals surface area (Å²) in [6.45, 7) is 3.19. The van der Waals surface area contributed by atoms with Crippen molar-refractivity contribution in [2.24, 2.45) is 5.73 Å². The number of nitrogens with two attached hydrogens (primary N) is 1. The molecule has 0 aromatic heterocycles. The van der Waals surface area contributed by atoms with Crippen molar-refractivity contribution >= 4 is 17.4 Å². The molecule has 0 bridgehead atoms. The van der Waals surface area contributed by atoms with Crippen LogP contribution in [0.5, 0.6) is 0 Å². The average molecular weight is 324 g/mol. The Kier molecular flexibility index (Phi) is 5.33. The number of amides is 2. The van der Waals surface area contributed by atoms with Crippen LogP contribution in [0.1, 0.15) is 18.4 Å². The fourth-order valence-electron chi connectivity index (χ4n) is 3.19. The molecule has 0 spiro atoms. The molecule has 0 aliphatic carbocycles. The fraction of sp³-hybridized carbons (Fsp3) is 0.316. The second kappa shape index (κ2) is 7.84. The molecule has 0 saturated carbocycles. The molecule has 0 radical (unpaired) electrons. The largest absolute Gasteiger partial charge is 0.381 e. The summed E-state index contributed by atoms with van der Waals surface area (Å²) in [6, 6.07) is 18.2. The van der Waals surface area contributed by atoms with E-state index in [9.17, 15) is 4.79 Å². The third-order valence-electron chi connectivity index (χ3n) is 4.28. The lowest BCUT2D eigenvalue weighted by Crippen LogP contribution is -2.41. The van der Waals surface area contributed by atoms with Crippen molar-refractivity contribution in [3.05, 3.63) is 60.2 Å². The summed E-state index contributed by atoms with van der Waals surface area (Å²) in [5.41, 5.74) is 8.26. The van der Waals surface area contributed by atoms with Gasteiger partial charge in [-0.1, -0.05) is 30.3 Å². The Morgan fingerprint density at radius 1 is 1.08 bits per heavy atom. The van der Waals surface area contributed by atoms with Crippen molar-refractivity contribution in [1.82, 2.24) is 4.90 Å². The van der Waals surface area contributed by atoms with Crippen molar-refractivity contribution in [2.45, 2.75) is 25.4 Å². The fourth-order valence-corrected chi connectivity index (χ4v) is 3.19. The minimum Gasteiger partial charge on any atom is -0.381 e. The molecule has 1 aliphatic heterocycles. The number of carbonyl (C=O) groups is 1.